The minimum absolute atomic E-state index is 0.0524. The fourth-order valence-corrected chi connectivity index (χ4v) is 1.58. The predicted molar refractivity (Wildman–Crippen MR) is 71.6 cm³/mol. The second-order valence-corrected chi connectivity index (χ2v) is 5.27. The number of aliphatic hydroxyl groups excluding tert-OH is 1. The summed E-state index contributed by atoms with van der Waals surface area (Å²) in [6, 6.07) is 0. The minimum Gasteiger partial charge on any atom is -0.425 e. The number of esters is 1. The van der Waals surface area contributed by atoms with Crippen molar-refractivity contribution in [3.05, 3.63) is 0 Å². The van der Waals surface area contributed by atoms with Crippen LogP contribution in [-0.4, -0.2) is 43.0 Å². The first-order valence-corrected chi connectivity index (χ1v) is 8.14. The number of aliphatic hydroxyl groups is 1. The van der Waals surface area contributed by atoms with E-state index in [2.05, 4.69) is 5.32 Å². The summed E-state index contributed by atoms with van der Waals surface area (Å²) >= 11 is 0. The van der Waals surface area contributed by atoms with Gasteiger partial charge in [0, 0.05) is 26.4 Å². The van der Waals surface area contributed by atoms with Crippen LogP contribution in [0.1, 0.15) is 33.1 Å². The summed E-state index contributed by atoms with van der Waals surface area (Å²) in [6.07, 6.45) is -2.20. The maximum Gasteiger partial charge on any atom is 0.412 e. The van der Waals surface area contributed by atoms with Crippen molar-refractivity contribution >= 4 is 20.1 Å². The van der Waals surface area contributed by atoms with Crippen molar-refractivity contribution in [3.8, 4) is 0 Å². The zero-order valence-corrected chi connectivity index (χ0v) is 12.9. The van der Waals surface area contributed by atoms with Crippen LogP contribution in [0.2, 0.25) is 0 Å². The maximum absolute atomic E-state index is 11.3. The van der Waals surface area contributed by atoms with Crippen molar-refractivity contribution in [2.45, 2.75) is 45.6 Å². The molecule has 0 aromatic rings. The highest BCUT2D eigenvalue weighted by Gasteiger charge is 2.15. The van der Waals surface area contributed by atoms with Crippen LogP contribution in [-0.2, 0) is 23.4 Å². The maximum atomic E-state index is 11.3. The van der Waals surface area contributed by atoms with Crippen LogP contribution in [0.15, 0.2) is 0 Å². The Balaban J connectivity index is 3.85. The lowest BCUT2D eigenvalue weighted by molar-refractivity contribution is -0.165. The summed E-state index contributed by atoms with van der Waals surface area (Å²) < 4.78 is 25.0. The van der Waals surface area contributed by atoms with E-state index in [4.69, 9.17) is 14.0 Å². The highest BCUT2D eigenvalue weighted by Crippen LogP contribution is 2.15. The Morgan fingerprint density at radius 3 is 2.55 bits per heavy atom. The largest absolute Gasteiger partial charge is 0.425 e. The third-order valence-electron chi connectivity index (χ3n) is 2.01. The number of carbonyl (C=O) groups is 2. The standard InChI is InChI=1S/C11H22NO7P/c1-4-5-10(14)18-8(2)19-11(15)12-9(13)6-7-17-20(3)16/h8-9,13,20H,4-7H2,1-3H3,(H,12,15). The van der Waals surface area contributed by atoms with Gasteiger partial charge in [0.1, 0.15) is 6.23 Å². The van der Waals surface area contributed by atoms with Crippen LogP contribution in [0, 0.1) is 0 Å². The average molecular weight is 311 g/mol. The molecule has 2 N–H and O–H groups in total. The van der Waals surface area contributed by atoms with E-state index in [1.165, 1.54) is 13.6 Å². The number of nitrogens with one attached hydrogen (secondary N) is 1. The van der Waals surface area contributed by atoms with E-state index in [1.54, 1.807) is 0 Å². The molecule has 3 unspecified atom stereocenters. The van der Waals surface area contributed by atoms with Gasteiger partial charge in [-0.15, -0.1) is 0 Å². The molecular weight excluding hydrogens is 289 g/mol. The van der Waals surface area contributed by atoms with Gasteiger partial charge in [-0.3, -0.25) is 14.7 Å². The molecular formula is C11H22NO7P. The smallest absolute Gasteiger partial charge is 0.412 e. The van der Waals surface area contributed by atoms with Gasteiger partial charge in [0.2, 0.25) is 6.29 Å². The molecule has 20 heavy (non-hydrogen) atoms. The molecule has 9 heteroatoms. The van der Waals surface area contributed by atoms with Crippen LogP contribution >= 0.6 is 8.03 Å². The van der Waals surface area contributed by atoms with Gasteiger partial charge in [0.25, 0.3) is 0 Å². The molecule has 0 aromatic heterocycles. The third kappa shape index (κ3) is 10.8. The molecule has 0 rings (SSSR count). The summed E-state index contributed by atoms with van der Waals surface area (Å²) in [5.74, 6) is -0.463. The van der Waals surface area contributed by atoms with E-state index in [-0.39, 0.29) is 19.4 Å². The van der Waals surface area contributed by atoms with Crippen molar-refractivity contribution in [3.63, 3.8) is 0 Å². The van der Waals surface area contributed by atoms with Gasteiger partial charge in [0.15, 0.2) is 8.03 Å². The monoisotopic (exact) mass is 311 g/mol. The molecule has 0 radical (unpaired) electrons. The molecule has 0 bridgehead atoms. The third-order valence-corrected chi connectivity index (χ3v) is 2.62. The topological polar surface area (TPSA) is 111 Å². The first-order chi connectivity index (χ1) is 9.35. The van der Waals surface area contributed by atoms with Crippen molar-refractivity contribution < 1.29 is 33.3 Å². The second-order valence-electron chi connectivity index (χ2n) is 4.00. The number of hydrogen-bond donors (Lipinski definition) is 2. The Hall–Kier alpha value is -1.11. The van der Waals surface area contributed by atoms with Crippen molar-refractivity contribution in [1.82, 2.24) is 5.32 Å². The van der Waals surface area contributed by atoms with Crippen LogP contribution in [0.4, 0.5) is 4.79 Å². The molecule has 0 aliphatic rings. The Bertz CT molecular complexity index is 337. The molecule has 8 nitrogen and oxygen atoms in total. The molecule has 118 valence electrons. The lowest BCUT2D eigenvalue weighted by Crippen LogP contribution is -2.38. The Labute approximate surface area is 118 Å². The fraction of sp³-hybridized carbons (Fsp3) is 0.818. The quantitative estimate of drug-likeness (QED) is 0.374. The van der Waals surface area contributed by atoms with E-state index >= 15 is 0 Å². The van der Waals surface area contributed by atoms with E-state index in [0.717, 1.165) is 0 Å². The highest BCUT2D eigenvalue weighted by molar-refractivity contribution is 7.38. The van der Waals surface area contributed by atoms with E-state index in [1.807, 2.05) is 6.92 Å². The van der Waals surface area contributed by atoms with Crippen molar-refractivity contribution in [1.29, 1.82) is 0 Å². The highest BCUT2D eigenvalue weighted by atomic mass is 31.1. The molecule has 0 aliphatic heterocycles. The lowest BCUT2D eigenvalue weighted by atomic mass is 10.3. The number of rotatable bonds is 9. The van der Waals surface area contributed by atoms with E-state index in [9.17, 15) is 19.3 Å². The molecule has 0 spiro atoms. The van der Waals surface area contributed by atoms with Gasteiger partial charge in [-0.1, -0.05) is 6.92 Å². The summed E-state index contributed by atoms with van der Waals surface area (Å²) in [4.78, 5) is 22.5. The van der Waals surface area contributed by atoms with Crippen molar-refractivity contribution in [2.75, 3.05) is 13.3 Å². The van der Waals surface area contributed by atoms with E-state index in [0.29, 0.717) is 6.42 Å². The van der Waals surface area contributed by atoms with Gasteiger partial charge in [0.05, 0.1) is 6.61 Å². The Morgan fingerprint density at radius 2 is 2.00 bits per heavy atom. The zero-order valence-electron chi connectivity index (χ0n) is 11.9. The Morgan fingerprint density at radius 1 is 1.35 bits per heavy atom. The number of hydrogen-bond acceptors (Lipinski definition) is 7. The van der Waals surface area contributed by atoms with Gasteiger partial charge in [-0.25, -0.2) is 4.79 Å². The second kappa shape index (κ2) is 10.7. The van der Waals surface area contributed by atoms with Crippen LogP contribution in [0.25, 0.3) is 0 Å². The number of alkyl carbamates (subject to hydrolysis) is 1. The van der Waals surface area contributed by atoms with Gasteiger partial charge in [-0.2, -0.15) is 0 Å². The number of amides is 1. The summed E-state index contributed by atoms with van der Waals surface area (Å²) in [5, 5.41) is 11.5. The van der Waals surface area contributed by atoms with Crippen LogP contribution < -0.4 is 5.32 Å². The normalized spacial score (nSPS) is 15.0. The van der Waals surface area contributed by atoms with E-state index < -0.39 is 32.6 Å². The SMILES string of the molecule is CCCC(=O)OC(C)OC(=O)NC(O)CCO[PH](C)=O. The zero-order chi connectivity index (χ0) is 15.5. The first kappa shape index (κ1) is 18.9. The molecule has 0 aliphatic carbocycles. The predicted octanol–water partition coefficient (Wildman–Crippen LogP) is 1.23. The minimum atomic E-state index is -2.06. The molecule has 0 aromatic carbocycles. The van der Waals surface area contributed by atoms with Crippen LogP contribution in [0.3, 0.4) is 0 Å². The summed E-state index contributed by atoms with van der Waals surface area (Å²) in [7, 11) is -2.06. The number of ether oxygens (including phenoxy) is 2. The molecule has 3 atom stereocenters. The number of carbonyl (C=O) groups excluding carboxylic acids is 2. The fourth-order valence-electron chi connectivity index (χ4n) is 1.18. The molecule has 0 heterocycles. The summed E-state index contributed by atoms with van der Waals surface area (Å²) in [6.45, 7) is 4.69. The molecule has 1 amide bonds. The first-order valence-electron chi connectivity index (χ1n) is 6.33. The van der Waals surface area contributed by atoms with Gasteiger partial charge < -0.3 is 19.1 Å². The lowest BCUT2D eigenvalue weighted by Gasteiger charge is -2.16. The molecule has 0 fully saturated rings. The Kier molecular flexibility index (Phi) is 10.1. The average Bonchev–Trinajstić information content (AvgIpc) is 2.27. The molecule has 0 saturated heterocycles. The van der Waals surface area contributed by atoms with Gasteiger partial charge >= 0.3 is 12.1 Å². The summed E-state index contributed by atoms with van der Waals surface area (Å²) in [5.41, 5.74) is 0. The molecule has 0 saturated carbocycles. The van der Waals surface area contributed by atoms with Crippen LogP contribution in [0.5, 0.6) is 0 Å². The van der Waals surface area contributed by atoms with Crippen molar-refractivity contribution in [2.24, 2.45) is 0 Å². The van der Waals surface area contributed by atoms with Gasteiger partial charge in [-0.05, 0) is 6.42 Å².